The predicted octanol–water partition coefficient (Wildman–Crippen LogP) is -0.464. The van der Waals surface area contributed by atoms with Crippen LogP contribution in [0.15, 0.2) is 12.7 Å². The summed E-state index contributed by atoms with van der Waals surface area (Å²) in [6.07, 6.45) is -3.23. The van der Waals surface area contributed by atoms with E-state index in [1.807, 2.05) is 0 Å². The number of hydrogen-bond acceptors (Lipinski definition) is 11. The summed E-state index contributed by atoms with van der Waals surface area (Å²) < 4.78 is 38.4. The number of aliphatic hydroxyl groups excluding tert-OH is 2. The minimum absolute atomic E-state index is 0.0963. The Labute approximate surface area is 180 Å². The van der Waals surface area contributed by atoms with Crippen LogP contribution >= 0.6 is 15.4 Å². The summed E-state index contributed by atoms with van der Waals surface area (Å²) in [7, 11) is -9.26. The maximum atomic E-state index is 11.8. The number of nitrogens with zero attached hydrogens (tertiary/aromatic N) is 4. The second kappa shape index (κ2) is 9.47. The van der Waals surface area contributed by atoms with Gasteiger partial charge in [-0.05, 0) is 6.92 Å². The predicted molar refractivity (Wildman–Crippen MR) is 107 cm³/mol. The Bertz CT molecular complexity index is 1080. The highest BCUT2D eigenvalue weighted by molar-refractivity contribution is 7.63. The molecule has 1 saturated heterocycles. The maximum absolute atomic E-state index is 11.8. The molecule has 32 heavy (non-hydrogen) atoms. The van der Waals surface area contributed by atoms with Crippen LogP contribution in [-0.2, 0) is 22.7 Å². The lowest BCUT2D eigenvalue weighted by Gasteiger charge is -2.18. The van der Waals surface area contributed by atoms with E-state index in [1.165, 1.54) is 10.9 Å². The van der Waals surface area contributed by atoms with Crippen LogP contribution in [-0.4, -0.2) is 83.7 Å². The molecule has 1 aliphatic rings. The van der Waals surface area contributed by atoms with Crippen LogP contribution in [0.25, 0.3) is 11.2 Å². The largest absolute Gasteiger partial charge is 0.479 e. The number of carbonyl (C=O) groups is 1. The lowest BCUT2D eigenvalue weighted by Crippen LogP contribution is -2.33. The first kappa shape index (κ1) is 24.6. The van der Waals surface area contributed by atoms with Gasteiger partial charge >= 0.3 is 21.4 Å². The van der Waals surface area contributed by atoms with Crippen molar-refractivity contribution in [2.75, 3.05) is 25.1 Å². The molecule has 2 amide bonds. The summed E-state index contributed by atoms with van der Waals surface area (Å²) in [4.78, 5) is 42.5. The fraction of sp³-hybridized carbons (Fsp3) is 0.571. The third kappa shape index (κ3) is 5.67. The van der Waals surface area contributed by atoms with Gasteiger partial charge < -0.3 is 30.1 Å². The van der Waals surface area contributed by atoms with Crippen molar-refractivity contribution in [2.24, 2.45) is 0 Å². The number of fused-ring (bicyclic) bond motifs is 1. The van der Waals surface area contributed by atoms with E-state index < -0.39 is 52.6 Å². The van der Waals surface area contributed by atoms with Crippen LogP contribution in [0.4, 0.5) is 10.6 Å². The molecule has 3 rings (SSSR count). The van der Waals surface area contributed by atoms with Crippen molar-refractivity contribution in [3.05, 3.63) is 12.7 Å². The number of aliphatic hydroxyl groups is 2. The van der Waals surface area contributed by atoms with Crippen LogP contribution < -0.4 is 10.6 Å². The van der Waals surface area contributed by atoms with Crippen LogP contribution in [0.3, 0.4) is 0 Å². The summed E-state index contributed by atoms with van der Waals surface area (Å²) in [5.41, 5.74) is 0.339. The summed E-state index contributed by atoms with van der Waals surface area (Å²) in [6, 6.07) is -0.512. The van der Waals surface area contributed by atoms with Crippen molar-refractivity contribution in [3.63, 3.8) is 0 Å². The quantitative estimate of drug-likeness (QED) is 0.254. The molecule has 0 aliphatic carbocycles. The molecule has 0 aromatic carbocycles. The summed E-state index contributed by atoms with van der Waals surface area (Å²) in [5, 5.41) is 25.7. The molecule has 0 radical (unpaired) electrons. The van der Waals surface area contributed by atoms with E-state index in [4.69, 9.17) is 9.63 Å². The van der Waals surface area contributed by atoms with Crippen LogP contribution in [0.5, 0.6) is 0 Å². The van der Waals surface area contributed by atoms with Crippen LogP contribution in [0, 0.1) is 0 Å². The Hall–Kier alpha value is -2.00. The van der Waals surface area contributed by atoms with Crippen molar-refractivity contribution in [2.45, 2.75) is 31.5 Å². The minimum atomic E-state index is -4.93. The highest BCUT2D eigenvalue weighted by atomic mass is 31.3. The Morgan fingerprint density at radius 3 is 2.62 bits per heavy atom. The second-order valence-corrected chi connectivity index (χ2v) is 10.2. The van der Waals surface area contributed by atoms with E-state index in [2.05, 4.69) is 34.4 Å². The van der Waals surface area contributed by atoms with Crippen molar-refractivity contribution >= 4 is 38.4 Å². The fourth-order valence-electron chi connectivity index (χ4n) is 2.92. The molecule has 0 saturated carbocycles. The smallest absolute Gasteiger partial charge is 0.387 e. The first-order valence-corrected chi connectivity index (χ1v) is 12.7. The molecular formula is C14H22N6O10P2. The van der Waals surface area contributed by atoms with Gasteiger partial charge in [-0.1, -0.05) is 0 Å². The number of carbonyl (C=O) groups excluding carboxylic acids is 1. The van der Waals surface area contributed by atoms with Gasteiger partial charge in [0.15, 0.2) is 23.2 Å². The van der Waals surface area contributed by atoms with Gasteiger partial charge in [0.05, 0.1) is 12.9 Å². The SMILES string of the molecule is CCNC(=O)Nc1ncnc2c1ncn2[C@@H]1O[C@H](COP(=O)(O)OP(C)(=O)O)C(O)[C@@H]1O. The number of hydrogen-bond donors (Lipinski definition) is 6. The third-order valence-corrected chi connectivity index (χ3v) is 6.71. The molecule has 2 aromatic heterocycles. The highest BCUT2D eigenvalue weighted by Crippen LogP contribution is 2.58. The molecule has 0 bridgehead atoms. The number of nitrogens with one attached hydrogen (secondary N) is 2. The van der Waals surface area contributed by atoms with Gasteiger partial charge in [0.2, 0.25) is 0 Å². The molecule has 6 N–H and O–H groups in total. The van der Waals surface area contributed by atoms with E-state index in [9.17, 15) is 29.0 Å². The highest BCUT2D eigenvalue weighted by Gasteiger charge is 2.45. The molecule has 6 atom stereocenters. The molecule has 3 heterocycles. The molecule has 1 fully saturated rings. The Morgan fingerprint density at radius 1 is 1.25 bits per heavy atom. The van der Waals surface area contributed by atoms with Gasteiger partial charge in [0.25, 0.3) is 0 Å². The van der Waals surface area contributed by atoms with Gasteiger partial charge in [-0.25, -0.2) is 28.6 Å². The van der Waals surface area contributed by atoms with Gasteiger partial charge in [-0.15, -0.1) is 0 Å². The second-order valence-electron chi connectivity index (χ2n) is 6.73. The molecule has 0 spiro atoms. The summed E-state index contributed by atoms with van der Waals surface area (Å²) in [5.74, 6) is 0.0963. The minimum Gasteiger partial charge on any atom is -0.387 e. The monoisotopic (exact) mass is 496 g/mol. The van der Waals surface area contributed by atoms with E-state index in [-0.39, 0.29) is 17.0 Å². The zero-order valence-electron chi connectivity index (χ0n) is 16.8. The van der Waals surface area contributed by atoms with E-state index in [0.717, 1.165) is 6.33 Å². The average molecular weight is 496 g/mol. The van der Waals surface area contributed by atoms with Crippen molar-refractivity contribution < 1.29 is 47.5 Å². The fourth-order valence-corrected chi connectivity index (χ4v) is 4.98. The van der Waals surface area contributed by atoms with Crippen molar-refractivity contribution in [1.29, 1.82) is 0 Å². The maximum Gasteiger partial charge on any atom is 0.479 e. The van der Waals surface area contributed by atoms with Crippen molar-refractivity contribution in [1.82, 2.24) is 24.8 Å². The van der Waals surface area contributed by atoms with E-state index in [0.29, 0.717) is 13.2 Å². The number of amides is 2. The number of urea groups is 1. The van der Waals surface area contributed by atoms with E-state index in [1.54, 1.807) is 6.92 Å². The summed E-state index contributed by atoms with van der Waals surface area (Å²) in [6.45, 7) is 2.08. The van der Waals surface area contributed by atoms with E-state index >= 15 is 0 Å². The normalized spacial score (nSPS) is 27.1. The van der Waals surface area contributed by atoms with Gasteiger partial charge in [0, 0.05) is 13.2 Å². The molecule has 1 aliphatic heterocycles. The lowest BCUT2D eigenvalue weighted by atomic mass is 10.1. The standard InChI is InChI=1S/C14H22N6O10P2/c1-3-15-14(23)19-11-8-12(17-5-16-11)20(6-18-8)13-10(22)9(21)7(29-13)4-28-32(26,27)30-31(2,24)25/h5-7,9-10,13,21-22H,3-4H2,1-2H3,(H,24,25)(H,26,27)(H2,15,16,17,19,23)/t7-,9?,10+,13-/m1/s1. The molecule has 2 aromatic rings. The molecule has 178 valence electrons. The first-order chi connectivity index (χ1) is 14.9. The van der Waals surface area contributed by atoms with Gasteiger partial charge in [-0.3, -0.25) is 19.0 Å². The topological polar surface area (TPSA) is 227 Å². The number of imidazole rings is 1. The summed E-state index contributed by atoms with van der Waals surface area (Å²) >= 11 is 0. The zero-order chi connectivity index (χ0) is 23.7. The van der Waals surface area contributed by atoms with Gasteiger partial charge in [0.1, 0.15) is 24.6 Å². The average Bonchev–Trinajstić information content (AvgIpc) is 3.21. The Morgan fingerprint density at radius 2 is 1.97 bits per heavy atom. The number of phosphoric acid groups is 1. The van der Waals surface area contributed by atoms with Crippen LogP contribution in [0.1, 0.15) is 13.2 Å². The number of ether oxygens (including phenoxy) is 1. The zero-order valence-corrected chi connectivity index (χ0v) is 18.6. The number of rotatable bonds is 8. The Balaban J connectivity index is 1.77. The first-order valence-electron chi connectivity index (χ1n) is 9.15. The van der Waals surface area contributed by atoms with Crippen LogP contribution in [0.2, 0.25) is 0 Å². The number of phosphoric ester groups is 1. The molecule has 3 unspecified atom stereocenters. The lowest BCUT2D eigenvalue weighted by molar-refractivity contribution is -0.0501. The number of anilines is 1. The molecule has 18 heteroatoms. The van der Waals surface area contributed by atoms with Crippen molar-refractivity contribution in [3.8, 4) is 0 Å². The number of aromatic nitrogens is 4. The molecular weight excluding hydrogens is 474 g/mol. The van der Waals surface area contributed by atoms with Gasteiger partial charge in [-0.2, -0.15) is 0 Å². The Kier molecular flexibility index (Phi) is 7.29. The molecule has 16 nitrogen and oxygen atoms in total. The third-order valence-electron chi connectivity index (χ3n) is 4.20.